The standard InChI is InChI=1S/C17H17NO2/c1-10-5-6-11-3-2-4-13-15-12(9-18(10)16(11)13)7-8-14(19)17(15)20/h2-4,7-8,10,19-20H,5-6,9H2,1H3. The Kier molecular flexibility index (Phi) is 2.28. The third kappa shape index (κ3) is 1.40. The summed E-state index contributed by atoms with van der Waals surface area (Å²) in [6.45, 7) is 3.05. The predicted octanol–water partition coefficient (Wildman–Crippen LogP) is 3.42. The maximum Gasteiger partial charge on any atom is 0.165 e. The number of fused-ring (bicyclic) bond motifs is 2. The molecule has 20 heavy (non-hydrogen) atoms. The summed E-state index contributed by atoms with van der Waals surface area (Å²) < 4.78 is 0. The fraction of sp³-hybridized carbons (Fsp3) is 0.294. The van der Waals surface area contributed by atoms with Gasteiger partial charge in [-0.25, -0.2) is 0 Å². The van der Waals surface area contributed by atoms with Crippen LogP contribution in [0.15, 0.2) is 30.3 Å². The van der Waals surface area contributed by atoms with E-state index >= 15 is 0 Å². The molecule has 0 aliphatic carbocycles. The number of aromatic hydroxyl groups is 2. The summed E-state index contributed by atoms with van der Waals surface area (Å²) in [5, 5.41) is 20.1. The van der Waals surface area contributed by atoms with Gasteiger partial charge in [0.05, 0.1) is 0 Å². The van der Waals surface area contributed by atoms with E-state index < -0.39 is 0 Å². The first-order chi connectivity index (χ1) is 9.66. The summed E-state index contributed by atoms with van der Waals surface area (Å²) in [5.41, 5.74) is 5.50. The summed E-state index contributed by atoms with van der Waals surface area (Å²) in [7, 11) is 0. The maximum absolute atomic E-state index is 10.3. The highest BCUT2D eigenvalue weighted by molar-refractivity contribution is 5.90. The SMILES string of the molecule is CC1CCc2cccc3c2N1Cc1ccc(O)c(O)c1-3. The molecule has 3 nitrogen and oxygen atoms in total. The smallest absolute Gasteiger partial charge is 0.165 e. The number of benzene rings is 2. The number of phenolic OH excluding ortho intramolecular Hbond substituents is 2. The Morgan fingerprint density at radius 3 is 2.80 bits per heavy atom. The number of hydrogen-bond acceptors (Lipinski definition) is 3. The molecule has 102 valence electrons. The van der Waals surface area contributed by atoms with Crippen molar-refractivity contribution in [2.24, 2.45) is 0 Å². The monoisotopic (exact) mass is 267 g/mol. The van der Waals surface area contributed by atoms with Crippen LogP contribution >= 0.6 is 0 Å². The highest BCUT2D eigenvalue weighted by Gasteiger charge is 2.32. The maximum atomic E-state index is 10.3. The zero-order valence-corrected chi connectivity index (χ0v) is 11.4. The van der Waals surface area contributed by atoms with E-state index in [1.54, 1.807) is 6.07 Å². The highest BCUT2D eigenvalue weighted by atomic mass is 16.3. The van der Waals surface area contributed by atoms with Gasteiger partial charge in [-0.3, -0.25) is 0 Å². The number of para-hydroxylation sites is 1. The van der Waals surface area contributed by atoms with E-state index in [4.69, 9.17) is 0 Å². The molecule has 1 unspecified atom stereocenters. The van der Waals surface area contributed by atoms with Gasteiger partial charge >= 0.3 is 0 Å². The molecule has 0 aromatic heterocycles. The van der Waals surface area contributed by atoms with Crippen LogP contribution in [-0.4, -0.2) is 16.3 Å². The van der Waals surface area contributed by atoms with Crippen LogP contribution in [0.3, 0.4) is 0 Å². The molecule has 0 fully saturated rings. The van der Waals surface area contributed by atoms with Crippen molar-refractivity contribution in [2.45, 2.75) is 32.4 Å². The predicted molar refractivity (Wildman–Crippen MR) is 79.2 cm³/mol. The molecule has 2 aromatic carbocycles. The highest BCUT2D eigenvalue weighted by Crippen LogP contribution is 2.50. The third-order valence-corrected chi connectivity index (χ3v) is 4.62. The van der Waals surface area contributed by atoms with Crippen LogP contribution in [0.1, 0.15) is 24.5 Å². The van der Waals surface area contributed by atoms with Crippen LogP contribution in [-0.2, 0) is 13.0 Å². The van der Waals surface area contributed by atoms with Crippen LogP contribution in [0.25, 0.3) is 11.1 Å². The molecule has 0 saturated heterocycles. The number of nitrogens with zero attached hydrogens (tertiary/aromatic N) is 1. The van der Waals surface area contributed by atoms with Crippen molar-refractivity contribution in [3.63, 3.8) is 0 Å². The van der Waals surface area contributed by atoms with Crippen molar-refractivity contribution < 1.29 is 10.2 Å². The van der Waals surface area contributed by atoms with E-state index in [9.17, 15) is 10.2 Å². The minimum Gasteiger partial charge on any atom is -0.504 e. The van der Waals surface area contributed by atoms with E-state index in [1.807, 2.05) is 18.2 Å². The minimum absolute atomic E-state index is 0.00813. The van der Waals surface area contributed by atoms with Gasteiger partial charge in [-0.05, 0) is 37.0 Å². The number of phenols is 2. The Morgan fingerprint density at radius 1 is 1.10 bits per heavy atom. The molecule has 0 amide bonds. The molecule has 3 heteroatoms. The Hall–Kier alpha value is -2.16. The molecular weight excluding hydrogens is 250 g/mol. The van der Waals surface area contributed by atoms with E-state index in [1.165, 1.54) is 11.3 Å². The van der Waals surface area contributed by atoms with Crippen molar-refractivity contribution in [3.8, 4) is 22.6 Å². The summed E-state index contributed by atoms with van der Waals surface area (Å²) in [6.07, 6.45) is 2.24. The molecule has 0 spiro atoms. The molecule has 2 aromatic rings. The van der Waals surface area contributed by atoms with Gasteiger partial charge in [-0.1, -0.05) is 24.3 Å². The van der Waals surface area contributed by atoms with Gasteiger partial charge in [0.1, 0.15) is 0 Å². The van der Waals surface area contributed by atoms with E-state index in [0.717, 1.165) is 36.1 Å². The van der Waals surface area contributed by atoms with Crippen LogP contribution in [0.4, 0.5) is 5.69 Å². The van der Waals surface area contributed by atoms with Crippen LogP contribution in [0.5, 0.6) is 11.5 Å². The second-order valence-corrected chi connectivity index (χ2v) is 5.80. The van der Waals surface area contributed by atoms with Crippen molar-refractivity contribution in [1.82, 2.24) is 0 Å². The summed E-state index contributed by atoms with van der Waals surface area (Å²) in [5.74, 6) is -0.0348. The number of aryl methyl sites for hydroxylation is 1. The van der Waals surface area contributed by atoms with Crippen LogP contribution < -0.4 is 4.90 Å². The van der Waals surface area contributed by atoms with Gasteiger partial charge in [0.15, 0.2) is 11.5 Å². The average molecular weight is 267 g/mol. The first kappa shape index (κ1) is 11.6. The Bertz CT molecular complexity index is 708. The summed E-state index contributed by atoms with van der Waals surface area (Å²) in [6, 6.07) is 10.3. The zero-order valence-electron chi connectivity index (χ0n) is 11.4. The fourth-order valence-corrected chi connectivity index (χ4v) is 3.55. The lowest BCUT2D eigenvalue weighted by atomic mass is 9.85. The topological polar surface area (TPSA) is 43.7 Å². The van der Waals surface area contributed by atoms with E-state index in [0.29, 0.717) is 6.04 Å². The average Bonchev–Trinajstić information content (AvgIpc) is 2.46. The summed E-state index contributed by atoms with van der Waals surface area (Å²) >= 11 is 0. The largest absolute Gasteiger partial charge is 0.504 e. The lowest BCUT2D eigenvalue weighted by molar-refractivity contribution is 0.404. The van der Waals surface area contributed by atoms with Crippen molar-refractivity contribution >= 4 is 5.69 Å². The lowest BCUT2D eigenvalue weighted by Crippen LogP contribution is -2.38. The van der Waals surface area contributed by atoms with Gasteiger partial charge in [0.2, 0.25) is 0 Å². The number of anilines is 1. The molecule has 4 rings (SSSR count). The van der Waals surface area contributed by atoms with Gasteiger partial charge < -0.3 is 15.1 Å². The number of hydrogen-bond donors (Lipinski definition) is 2. The van der Waals surface area contributed by atoms with E-state index in [2.05, 4.69) is 17.9 Å². The zero-order chi connectivity index (χ0) is 13.9. The molecule has 0 saturated carbocycles. The van der Waals surface area contributed by atoms with Crippen LogP contribution in [0, 0.1) is 0 Å². The Balaban J connectivity index is 2.05. The first-order valence-corrected chi connectivity index (χ1v) is 7.09. The fourth-order valence-electron chi connectivity index (χ4n) is 3.55. The Labute approximate surface area is 118 Å². The molecule has 2 aliphatic heterocycles. The number of rotatable bonds is 0. The molecule has 2 aliphatic rings. The molecule has 0 radical (unpaired) electrons. The Morgan fingerprint density at radius 2 is 1.95 bits per heavy atom. The van der Waals surface area contributed by atoms with Crippen molar-refractivity contribution in [3.05, 3.63) is 41.5 Å². The first-order valence-electron chi connectivity index (χ1n) is 7.09. The van der Waals surface area contributed by atoms with Crippen molar-refractivity contribution in [2.75, 3.05) is 4.90 Å². The van der Waals surface area contributed by atoms with Gasteiger partial charge in [-0.15, -0.1) is 0 Å². The second kappa shape index (κ2) is 3.92. The normalized spacial score (nSPS) is 19.4. The van der Waals surface area contributed by atoms with Crippen molar-refractivity contribution in [1.29, 1.82) is 0 Å². The molecule has 1 atom stereocenters. The molecular formula is C17H17NO2. The third-order valence-electron chi connectivity index (χ3n) is 4.62. The van der Waals surface area contributed by atoms with Gasteiger partial charge in [-0.2, -0.15) is 0 Å². The minimum atomic E-state index is -0.0429. The summed E-state index contributed by atoms with van der Waals surface area (Å²) in [4.78, 5) is 2.42. The van der Waals surface area contributed by atoms with E-state index in [-0.39, 0.29) is 11.5 Å². The van der Waals surface area contributed by atoms with Crippen LogP contribution in [0.2, 0.25) is 0 Å². The molecule has 2 N–H and O–H groups in total. The van der Waals surface area contributed by atoms with Gasteiger partial charge in [0, 0.05) is 29.4 Å². The van der Waals surface area contributed by atoms with Gasteiger partial charge in [0.25, 0.3) is 0 Å². The lowest BCUT2D eigenvalue weighted by Gasteiger charge is -2.42. The quantitative estimate of drug-likeness (QED) is 0.719. The second-order valence-electron chi connectivity index (χ2n) is 5.80. The molecule has 0 bridgehead atoms. The molecule has 2 heterocycles.